The van der Waals surface area contributed by atoms with Crippen LogP contribution in [0, 0.1) is 6.08 Å². The van der Waals surface area contributed by atoms with Crippen molar-refractivity contribution >= 4 is 17.0 Å². The highest BCUT2D eigenvalue weighted by atomic mass is 19.1. The van der Waals surface area contributed by atoms with Gasteiger partial charge in [-0.1, -0.05) is 30.3 Å². The third-order valence-electron chi connectivity index (χ3n) is 2.87. The van der Waals surface area contributed by atoms with Crippen molar-refractivity contribution in [2.24, 2.45) is 0 Å². The molecule has 2 heterocycles. The first-order valence-corrected chi connectivity index (χ1v) is 5.88. The van der Waals surface area contributed by atoms with Crippen molar-refractivity contribution in [1.82, 2.24) is 19.5 Å². The van der Waals surface area contributed by atoms with E-state index in [9.17, 15) is 4.39 Å². The predicted molar refractivity (Wildman–Crippen MR) is 70.4 cm³/mol. The molecule has 1 aromatic carbocycles. The molecule has 19 heavy (non-hydrogen) atoms. The Labute approximate surface area is 109 Å². The number of rotatable bonds is 3. The summed E-state index contributed by atoms with van der Waals surface area (Å²) in [5, 5.41) is 2.82. The van der Waals surface area contributed by atoms with Crippen molar-refractivity contribution in [3.05, 3.63) is 48.3 Å². The molecule has 1 N–H and O–H groups in total. The molecule has 0 atom stereocenters. The van der Waals surface area contributed by atoms with E-state index in [0.29, 0.717) is 23.5 Å². The third-order valence-corrected chi connectivity index (χ3v) is 2.87. The van der Waals surface area contributed by atoms with Crippen molar-refractivity contribution in [2.45, 2.75) is 6.54 Å². The average molecular weight is 257 g/mol. The van der Waals surface area contributed by atoms with Gasteiger partial charge in [-0.2, -0.15) is 14.4 Å². The number of halogens is 1. The molecule has 0 fully saturated rings. The molecule has 0 unspecified atom stereocenters. The molecule has 3 aromatic rings. The fourth-order valence-corrected chi connectivity index (χ4v) is 1.99. The highest BCUT2D eigenvalue weighted by Crippen LogP contribution is 2.18. The van der Waals surface area contributed by atoms with Crippen LogP contribution < -0.4 is 5.32 Å². The van der Waals surface area contributed by atoms with Crippen LogP contribution in [0.4, 0.5) is 10.2 Å². The van der Waals surface area contributed by atoms with E-state index < -0.39 is 6.08 Å². The van der Waals surface area contributed by atoms with Crippen molar-refractivity contribution < 1.29 is 4.39 Å². The van der Waals surface area contributed by atoms with Gasteiger partial charge in [0.1, 0.15) is 0 Å². The Hall–Kier alpha value is -2.50. The zero-order chi connectivity index (χ0) is 13.2. The quantitative estimate of drug-likeness (QED) is 0.730. The molecule has 96 valence electrons. The molecule has 0 spiro atoms. The number of nitrogens with one attached hydrogen (secondary N) is 1. The van der Waals surface area contributed by atoms with Gasteiger partial charge >= 0.3 is 6.08 Å². The number of anilines is 1. The van der Waals surface area contributed by atoms with Gasteiger partial charge < -0.3 is 9.88 Å². The first-order valence-electron chi connectivity index (χ1n) is 5.88. The number of fused-ring (bicyclic) bond motifs is 1. The molecule has 6 heteroatoms. The Morgan fingerprint density at radius 3 is 2.74 bits per heavy atom. The molecule has 0 aliphatic carbocycles. The van der Waals surface area contributed by atoms with Gasteiger partial charge in [0.2, 0.25) is 0 Å². The Balaban J connectivity index is 2.08. The number of hydrogen-bond donors (Lipinski definition) is 1. The summed E-state index contributed by atoms with van der Waals surface area (Å²) in [6, 6.07) is 9.88. The third kappa shape index (κ3) is 2.12. The molecule has 0 bridgehead atoms. The Morgan fingerprint density at radius 1 is 1.21 bits per heavy atom. The summed E-state index contributed by atoms with van der Waals surface area (Å²) in [6.45, 7) is 0.594. The van der Waals surface area contributed by atoms with Gasteiger partial charge in [-0.3, -0.25) is 0 Å². The predicted octanol–water partition coefficient (Wildman–Crippen LogP) is 2.06. The minimum atomic E-state index is -0.758. The molecule has 5 nitrogen and oxygen atoms in total. The lowest BCUT2D eigenvalue weighted by Gasteiger charge is -2.04. The fourth-order valence-electron chi connectivity index (χ4n) is 1.99. The summed E-state index contributed by atoms with van der Waals surface area (Å²) in [5.74, 6) is 0.398. The first-order chi connectivity index (χ1) is 9.28. The minimum Gasteiger partial charge on any atom is -0.371 e. The van der Waals surface area contributed by atoms with Gasteiger partial charge in [-0.05, 0) is 5.56 Å². The van der Waals surface area contributed by atoms with Gasteiger partial charge in [-0.15, -0.1) is 0 Å². The molecule has 0 aliphatic rings. The summed E-state index contributed by atoms with van der Waals surface area (Å²) >= 11 is 0. The van der Waals surface area contributed by atoms with Gasteiger partial charge in [0, 0.05) is 7.05 Å². The summed E-state index contributed by atoms with van der Waals surface area (Å²) in [4.78, 5) is 11.7. The van der Waals surface area contributed by atoms with E-state index in [4.69, 9.17) is 0 Å². The molecular weight excluding hydrogens is 245 g/mol. The second kappa shape index (κ2) is 4.64. The maximum Gasteiger partial charge on any atom is 0.312 e. The molecule has 0 radical (unpaired) electrons. The standard InChI is InChI=1S/C13H12FN5/c1-15-11-10-12(18-13(14)17-11)19(8-16-10)7-9-5-3-2-4-6-9/h2-6,8H,7H2,1H3,(H,15,17,18). The molecular formula is C13H12FN5. The fraction of sp³-hybridized carbons (Fsp3) is 0.154. The van der Waals surface area contributed by atoms with Gasteiger partial charge in [-0.25, -0.2) is 4.98 Å². The van der Waals surface area contributed by atoms with Gasteiger partial charge in [0.15, 0.2) is 17.0 Å². The maximum absolute atomic E-state index is 13.4. The summed E-state index contributed by atoms with van der Waals surface area (Å²) in [5.41, 5.74) is 2.16. The van der Waals surface area contributed by atoms with Crippen molar-refractivity contribution in [2.75, 3.05) is 12.4 Å². The van der Waals surface area contributed by atoms with Crippen molar-refractivity contribution in [1.29, 1.82) is 0 Å². The molecule has 2 aromatic heterocycles. The monoisotopic (exact) mass is 257 g/mol. The van der Waals surface area contributed by atoms with Crippen LogP contribution in [0.5, 0.6) is 0 Å². The highest BCUT2D eigenvalue weighted by molar-refractivity contribution is 5.82. The summed E-state index contributed by atoms with van der Waals surface area (Å²) < 4.78 is 15.2. The zero-order valence-corrected chi connectivity index (χ0v) is 10.3. The maximum atomic E-state index is 13.4. The van der Waals surface area contributed by atoms with Crippen LogP contribution in [-0.4, -0.2) is 26.6 Å². The lowest BCUT2D eigenvalue weighted by molar-refractivity contribution is 0.543. The lowest BCUT2D eigenvalue weighted by atomic mass is 10.2. The van der Waals surface area contributed by atoms with E-state index in [2.05, 4.69) is 20.3 Å². The molecule has 0 aliphatic heterocycles. The van der Waals surface area contributed by atoms with E-state index in [1.165, 1.54) is 0 Å². The van der Waals surface area contributed by atoms with Crippen LogP contribution in [0.3, 0.4) is 0 Å². The van der Waals surface area contributed by atoms with Crippen LogP contribution in [0.15, 0.2) is 36.7 Å². The van der Waals surface area contributed by atoms with E-state index >= 15 is 0 Å². The van der Waals surface area contributed by atoms with Gasteiger partial charge in [0.25, 0.3) is 0 Å². The molecule has 0 amide bonds. The minimum absolute atomic E-state index is 0.398. The number of imidazole rings is 1. The zero-order valence-electron chi connectivity index (χ0n) is 10.3. The number of aromatic nitrogens is 4. The van der Waals surface area contributed by atoms with E-state index in [1.54, 1.807) is 17.9 Å². The van der Waals surface area contributed by atoms with Crippen LogP contribution in [0.2, 0.25) is 0 Å². The smallest absolute Gasteiger partial charge is 0.312 e. The summed E-state index contributed by atoms with van der Waals surface area (Å²) in [6.07, 6.45) is 0.888. The lowest BCUT2D eigenvalue weighted by Crippen LogP contribution is -2.03. The Kier molecular flexibility index (Phi) is 2.83. The Bertz CT molecular complexity index is 708. The number of hydrogen-bond acceptors (Lipinski definition) is 4. The van der Waals surface area contributed by atoms with Gasteiger partial charge in [0.05, 0.1) is 12.9 Å². The van der Waals surface area contributed by atoms with Crippen molar-refractivity contribution in [3.63, 3.8) is 0 Å². The molecule has 3 rings (SSSR count). The first kappa shape index (κ1) is 11.6. The SMILES string of the molecule is CNc1nc(F)nc2c1ncn2Cc1ccccc1. The Morgan fingerprint density at radius 2 is 2.00 bits per heavy atom. The molecule has 0 saturated carbocycles. The number of benzene rings is 1. The van der Waals surface area contributed by atoms with Crippen LogP contribution in [0.25, 0.3) is 11.2 Å². The largest absolute Gasteiger partial charge is 0.371 e. The van der Waals surface area contributed by atoms with E-state index in [1.807, 2.05) is 30.3 Å². The summed E-state index contributed by atoms with van der Waals surface area (Å²) in [7, 11) is 1.68. The molecule has 0 saturated heterocycles. The second-order valence-electron chi connectivity index (χ2n) is 4.12. The van der Waals surface area contributed by atoms with E-state index in [-0.39, 0.29) is 0 Å². The topological polar surface area (TPSA) is 55.6 Å². The van der Waals surface area contributed by atoms with E-state index in [0.717, 1.165) is 5.56 Å². The van der Waals surface area contributed by atoms with Crippen molar-refractivity contribution in [3.8, 4) is 0 Å². The number of nitrogens with zero attached hydrogens (tertiary/aromatic N) is 4. The highest BCUT2D eigenvalue weighted by Gasteiger charge is 2.12. The van der Waals surface area contributed by atoms with Crippen LogP contribution in [0.1, 0.15) is 5.56 Å². The average Bonchev–Trinajstić information content (AvgIpc) is 2.82. The normalized spacial score (nSPS) is 10.8. The second-order valence-corrected chi connectivity index (χ2v) is 4.12. The van der Waals surface area contributed by atoms with Crippen LogP contribution >= 0.6 is 0 Å². The van der Waals surface area contributed by atoms with Crippen LogP contribution in [-0.2, 0) is 6.54 Å².